The molecule has 1 heterocycles. The van der Waals surface area contributed by atoms with Crippen LogP contribution in [-0.2, 0) is 19.5 Å². The molecule has 1 atom stereocenters. The van der Waals surface area contributed by atoms with Crippen molar-refractivity contribution in [1.29, 1.82) is 0 Å². The average molecular weight is 281 g/mol. The molecule has 5 nitrogen and oxygen atoms in total. The van der Waals surface area contributed by atoms with Crippen molar-refractivity contribution in [3.8, 4) is 0 Å². The number of carbonyl (C=O) groups excluding carboxylic acids is 1. The number of carbonyl (C=O) groups is 1. The van der Waals surface area contributed by atoms with E-state index in [1.165, 1.54) is 0 Å². The van der Waals surface area contributed by atoms with Crippen molar-refractivity contribution < 1.29 is 17.9 Å². The van der Waals surface area contributed by atoms with Crippen LogP contribution in [0.4, 0.5) is 0 Å². The summed E-state index contributed by atoms with van der Waals surface area (Å²) in [6.45, 7) is 5.49. The molecule has 2 rings (SSSR count). The molecule has 0 radical (unpaired) electrons. The molecule has 0 saturated carbocycles. The second kappa shape index (κ2) is 4.98. The predicted octanol–water partition coefficient (Wildman–Crippen LogP) is 0.834. The maximum Gasteiger partial charge on any atom is 0.448 e. The molecule has 1 unspecified atom stereocenters. The first-order chi connectivity index (χ1) is 8.84. The van der Waals surface area contributed by atoms with Crippen LogP contribution in [0, 0.1) is 12.8 Å². The Kier molecular flexibility index (Phi) is 3.69. The van der Waals surface area contributed by atoms with Gasteiger partial charge in [-0.15, -0.1) is 0 Å². The Hall–Kier alpha value is -1.34. The summed E-state index contributed by atoms with van der Waals surface area (Å²) in [6.07, 6.45) is 0. The van der Waals surface area contributed by atoms with Gasteiger partial charge in [-0.05, 0) is 25.0 Å². The first kappa shape index (κ1) is 14.1. The fraction of sp³-hybridized carbons (Fsp3) is 0.417. The van der Waals surface area contributed by atoms with Crippen molar-refractivity contribution in [2.75, 3.05) is 0 Å². The third-order valence-corrected chi connectivity index (χ3v) is 4.96. The van der Waals surface area contributed by atoms with E-state index in [0.29, 0.717) is 0 Å². The summed E-state index contributed by atoms with van der Waals surface area (Å²) in [5, 5.41) is 0. The first-order valence-corrected chi connectivity index (χ1v) is 7.53. The van der Waals surface area contributed by atoms with E-state index < -0.39 is 22.0 Å². The number of hydrogen-bond donors (Lipinski definition) is 0. The number of hydrogen-bond acceptors (Lipinski definition) is 4. The lowest BCUT2D eigenvalue weighted by Gasteiger charge is -2.22. The third-order valence-electron chi connectivity index (χ3n) is 3.14. The number of nitrogens with zero attached hydrogens (tertiary/aromatic N) is 1. The summed E-state index contributed by atoms with van der Waals surface area (Å²) in [6, 6.07) is 5.81. The predicted molar refractivity (Wildman–Crippen MR) is 72.1 cm³/mol. The Morgan fingerprint density at radius 3 is 2.37 bits per heavy atom. The van der Waals surface area contributed by atoms with Gasteiger partial charge < -0.3 is 4.65 Å². The molecule has 1 aliphatic heterocycles. The zero-order valence-electron chi connectivity index (χ0n) is 11.2. The molecule has 0 N–H and O–H groups in total. The van der Waals surface area contributed by atoms with E-state index in [2.05, 4.69) is 0 Å². The van der Waals surface area contributed by atoms with Gasteiger partial charge in [-0.2, -0.15) is 4.22 Å². The fourth-order valence-electron chi connectivity index (χ4n) is 2.08. The molecule has 7 heteroatoms. The molecule has 1 aromatic rings. The summed E-state index contributed by atoms with van der Waals surface area (Å²) in [5.74, 6) is -0.610. The third kappa shape index (κ3) is 2.53. The lowest BCUT2D eigenvalue weighted by atomic mass is 10.0. The van der Waals surface area contributed by atoms with Gasteiger partial charge >= 0.3 is 13.6 Å². The van der Waals surface area contributed by atoms with Gasteiger partial charge in [0.05, 0.1) is 4.90 Å². The minimum absolute atomic E-state index is 0.129. The van der Waals surface area contributed by atoms with Gasteiger partial charge in [0.2, 0.25) is 10.0 Å². The second-order valence-electron chi connectivity index (χ2n) is 4.99. The smallest absolute Gasteiger partial charge is 0.448 e. The van der Waals surface area contributed by atoms with Crippen LogP contribution in [0.3, 0.4) is 0 Å². The van der Waals surface area contributed by atoms with Crippen molar-refractivity contribution in [2.24, 2.45) is 5.92 Å². The van der Waals surface area contributed by atoms with Gasteiger partial charge in [0.25, 0.3) is 0 Å². The van der Waals surface area contributed by atoms with Crippen LogP contribution in [0.1, 0.15) is 19.4 Å². The molecule has 1 aromatic carbocycles. The molecule has 0 aliphatic carbocycles. The Bertz CT molecular complexity index is 582. The molecule has 19 heavy (non-hydrogen) atoms. The van der Waals surface area contributed by atoms with E-state index in [9.17, 15) is 13.2 Å². The maximum absolute atomic E-state index is 12.5. The largest absolute Gasteiger partial charge is 0.521 e. The van der Waals surface area contributed by atoms with E-state index in [-0.39, 0.29) is 18.4 Å². The zero-order valence-corrected chi connectivity index (χ0v) is 12.0. The minimum atomic E-state index is -3.70. The quantitative estimate of drug-likeness (QED) is 0.770. The van der Waals surface area contributed by atoms with Crippen molar-refractivity contribution in [1.82, 2.24) is 4.22 Å². The van der Waals surface area contributed by atoms with Crippen molar-refractivity contribution >= 4 is 23.6 Å². The zero-order chi connectivity index (χ0) is 14.2. The Morgan fingerprint density at radius 2 is 1.84 bits per heavy atom. The summed E-state index contributed by atoms with van der Waals surface area (Å²) in [4.78, 5) is 11.8. The number of rotatable bonds is 3. The van der Waals surface area contributed by atoms with Crippen LogP contribution in [-0.4, -0.2) is 32.3 Å². The normalized spacial score (nSPS) is 20.4. The standard InChI is InChI=1S/C12H16BNO4S/c1-8(2)11-12(15)18-13-14(11)19(16,17)10-6-4-9(3)5-7-10/h4-8,11,13H,1-3H3. The second-order valence-corrected chi connectivity index (χ2v) is 6.88. The van der Waals surface area contributed by atoms with Crippen LogP contribution in [0.25, 0.3) is 0 Å². The van der Waals surface area contributed by atoms with E-state index in [4.69, 9.17) is 4.65 Å². The van der Waals surface area contributed by atoms with E-state index >= 15 is 0 Å². The highest BCUT2D eigenvalue weighted by Crippen LogP contribution is 2.25. The molecule has 102 valence electrons. The SMILES string of the molecule is Cc1ccc(S(=O)(=O)N2BOC(=O)C2C(C)C)cc1. The highest BCUT2D eigenvalue weighted by atomic mass is 32.2. The van der Waals surface area contributed by atoms with E-state index in [1.54, 1.807) is 38.1 Å². The van der Waals surface area contributed by atoms with Gasteiger partial charge in [0, 0.05) is 0 Å². The lowest BCUT2D eigenvalue weighted by molar-refractivity contribution is -0.135. The molecule has 1 saturated heterocycles. The topological polar surface area (TPSA) is 63.7 Å². The summed E-state index contributed by atoms with van der Waals surface area (Å²) in [7, 11) is -3.91. The lowest BCUT2D eigenvalue weighted by Crippen LogP contribution is -2.42. The molecular formula is C12H16BNO4S. The van der Waals surface area contributed by atoms with Crippen LogP contribution >= 0.6 is 0 Å². The van der Waals surface area contributed by atoms with Gasteiger partial charge in [-0.25, -0.2) is 8.42 Å². The summed E-state index contributed by atoms with van der Waals surface area (Å²) < 4.78 is 31.0. The summed E-state index contributed by atoms with van der Waals surface area (Å²) in [5.41, 5.74) is 0.980. The van der Waals surface area contributed by atoms with Gasteiger partial charge in [-0.3, -0.25) is 4.79 Å². The van der Waals surface area contributed by atoms with Crippen LogP contribution in [0.15, 0.2) is 29.2 Å². The van der Waals surface area contributed by atoms with Crippen molar-refractivity contribution in [2.45, 2.75) is 31.7 Å². The van der Waals surface area contributed by atoms with Gasteiger partial charge in [0.15, 0.2) is 0 Å². The molecule has 0 aromatic heterocycles. The Labute approximate surface area is 113 Å². The van der Waals surface area contributed by atoms with E-state index in [1.807, 2.05) is 6.92 Å². The fourth-order valence-corrected chi connectivity index (χ4v) is 3.65. The Balaban J connectivity index is 2.39. The molecule has 1 aliphatic rings. The molecule has 0 amide bonds. The van der Waals surface area contributed by atoms with E-state index in [0.717, 1.165) is 9.78 Å². The number of sulfonamides is 1. The van der Waals surface area contributed by atoms with Crippen LogP contribution < -0.4 is 0 Å². The Morgan fingerprint density at radius 1 is 1.26 bits per heavy atom. The van der Waals surface area contributed by atoms with Crippen LogP contribution in [0.5, 0.6) is 0 Å². The highest BCUT2D eigenvalue weighted by molar-refractivity contribution is 7.90. The maximum atomic E-state index is 12.5. The molecular weight excluding hydrogens is 265 g/mol. The van der Waals surface area contributed by atoms with Crippen molar-refractivity contribution in [3.63, 3.8) is 0 Å². The minimum Gasteiger partial charge on any atom is -0.521 e. The van der Waals surface area contributed by atoms with Gasteiger partial charge in [0.1, 0.15) is 6.04 Å². The molecule has 0 spiro atoms. The van der Waals surface area contributed by atoms with Crippen LogP contribution in [0.2, 0.25) is 0 Å². The first-order valence-electron chi connectivity index (χ1n) is 6.09. The van der Waals surface area contributed by atoms with Gasteiger partial charge in [-0.1, -0.05) is 31.5 Å². The molecule has 0 bridgehead atoms. The number of benzene rings is 1. The molecule has 1 fully saturated rings. The monoisotopic (exact) mass is 281 g/mol. The van der Waals surface area contributed by atoms with Crippen molar-refractivity contribution in [3.05, 3.63) is 29.8 Å². The summed E-state index contributed by atoms with van der Waals surface area (Å²) >= 11 is 0. The highest BCUT2D eigenvalue weighted by Gasteiger charge is 2.45. The average Bonchev–Trinajstić information content (AvgIpc) is 2.72. The number of aryl methyl sites for hydroxylation is 1.